The van der Waals surface area contributed by atoms with Crippen molar-refractivity contribution in [2.24, 2.45) is 11.7 Å². The van der Waals surface area contributed by atoms with E-state index in [4.69, 9.17) is 11.0 Å². The van der Waals surface area contributed by atoms with Crippen LogP contribution < -0.4 is 10.6 Å². The van der Waals surface area contributed by atoms with Crippen LogP contribution in [0.15, 0.2) is 16.6 Å². The van der Waals surface area contributed by atoms with Gasteiger partial charge >= 0.3 is 0 Å². The Balaban J connectivity index is 2.31. The van der Waals surface area contributed by atoms with Gasteiger partial charge in [0.1, 0.15) is 6.07 Å². The molecule has 2 atom stereocenters. The van der Waals surface area contributed by atoms with Gasteiger partial charge in [-0.3, -0.25) is 0 Å². The lowest BCUT2D eigenvalue weighted by molar-refractivity contribution is 0.305. The fourth-order valence-electron chi connectivity index (χ4n) is 3.05. The van der Waals surface area contributed by atoms with E-state index >= 15 is 0 Å². The minimum absolute atomic E-state index is 0.240. The number of nitrogens with zero attached hydrogens (tertiary/aromatic N) is 2. The molecule has 1 saturated carbocycles. The fourth-order valence-corrected chi connectivity index (χ4v) is 3.47. The van der Waals surface area contributed by atoms with Gasteiger partial charge in [0.25, 0.3) is 0 Å². The summed E-state index contributed by atoms with van der Waals surface area (Å²) in [6.45, 7) is 0.633. The van der Waals surface area contributed by atoms with Gasteiger partial charge in [0, 0.05) is 13.1 Å². The van der Waals surface area contributed by atoms with Crippen molar-refractivity contribution in [1.82, 2.24) is 0 Å². The maximum Gasteiger partial charge on any atom is 0.161 e. The molecule has 20 heavy (non-hydrogen) atoms. The molecule has 2 N–H and O–H groups in total. The Hall–Kier alpha value is -1.12. The second-order valence-corrected chi connectivity index (χ2v) is 6.12. The van der Waals surface area contributed by atoms with Crippen LogP contribution in [0.1, 0.15) is 31.2 Å². The quantitative estimate of drug-likeness (QED) is 0.917. The number of benzene rings is 1. The molecule has 0 saturated heterocycles. The van der Waals surface area contributed by atoms with Crippen LogP contribution in [0.2, 0.25) is 0 Å². The average Bonchev–Trinajstić information content (AvgIpc) is 2.49. The maximum atomic E-state index is 14.4. The van der Waals surface area contributed by atoms with Gasteiger partial charge in [-0.25, -0.2) is 4.39 Å². The highest BCUT2D eigenvalue weighted by atomic mass is 79.9. The molecule has 0 amide bonds. The zero-order valence-corrected chi connectivity index (χ0v) is 13.2. The third-order valence-electron chi connectivity index (χ3n) is 4.23. The number of rotatable bonds is 3. The van der Waals surface area contributed by atoms with E-state index < -0.39 is 0 Å². The van der Waals surface area contributed by atoms with Crippen molar-refractivity contribution < 1.29 is 4.39 Å². The Morgan fingerprint density at radius 3 is 2.80 bits per heavy atom. The number of halogens is 2. The molecule has 1 aliphatic rings. The number of anilines is 1. The molecule has 2 unspecified atom stereocenters. The van der Waals surface area contributed by atoms with Gasteiger partial charge in [-0.05, 0) is 53.4 Å². The highest BCUT2D eigenvalue weighted by Crippen LogP contribution is 2.34. The van der Waals surface area contributed by atoms with Crippen molar-refractivity contribution in [2.75, 3.05) is 18.5 Å². The lowest BCUT2D eigenvalue weighted by atomic mass is 9.83. The van der Waals surface area contributed by atoms with Crippen LogP contribution in [0.4, 0.5) is 10.1 Å². The van der Waals surface area contributed by atoms with Crippen LogP contribution in [0.3, 0.4) is 0 Å². The fraction of sp³-hybridized carbons (Fsp3) is 0.533. The molecule has 1 aromatic carbocycles. The summed E-state index contributed by atoms with van der Waals surface area (Å²) in [5, 5.41) is 8.92. The molecule has 1 fully saturated rings. The first-order valence-electron chi connectivity index (χ1n) is 6.91. The molecule has 0 aromatic heterocycles. The molecule has 0 spiro atoms. The molecule has 0 aliphatic heterocycles. The molecule has 2 rings (SSSR count). The first kappa shape index (κ1) is 15.3. The summed E-state index contributed by atoms with van der Waals surface area (Å²) >= 11 is 3.17. The number of nitriles is 1. The molecule has 108 valence electrons. The first-order valence-corrected chi connectivity index (χ1v) is 7.70. The van der Waals surface area contributed by atoms with Crippen molar-refractivity contribution >= 4 is 21.6 Å². The molecule has 0 radical (unpaired) electrons. The van der Waals surface area contributed by atoms with Crippen LogP contribution in [0.5, 0.6) is 0 Å². The minimum Gasteiger partial charge on any atom is -0.369 e. The van der Waals surface area contributed by atoms with E-state index in [2.05, 4.69) is 15.9 Å². The molecule has 0 heterocycles. The lowest BCUT2D eigenvalue weighted by Gasteiger charge is -2.39. The van der Waals surface area contributed by atoms with Crippen LogP contribution in [0.25, 0.3) is 0 Å². The average molecular weight is 340 g/mol. The summed E-state index contributed by atoms with van der Waals surface area (Å²) in [6, 6.07) is 5.58. The molecular formula is C15H19BrFN3. The molecule has 3 nitrogen and oxygen atoms in total. The first-order chi connectivity index (χ1) is 9.60. The summed E-state index contributed by atoms with van der Waals surface area (Å²) in [5.41, 5.74) is 6.70. The Kier molecular flexibility index (Phi) is 5.00. The third kappa shape index (κ3) is 2.82. The van der Waals surface area contributed by atoms with E-state index in [1.54, 1.807) is 12.1 Å². The maximum absolute atomic E-state index is 14.4. The van der Waals surface area contributed by atoms with E-state index in [9.17, 15) is 4.39 Å². The van der Waals surface area contributed by atoms with Gasteiger partial charge in [0.05, 0.1) is 15.7 Å². The third-order valence-corrected chi connectivity index (χ3v) is 5.01. The van der Waals surface area contributed by atoms with Crippen LogP contribution in [0, 0.1) is 23.1 Å². The zero-order valence-electron chi connectivity index (χ0n) is 11.6. The highest BCUT2D eigenvalue weighted by molar-refractivity contribution is 9.10. The van der Waals surface area contributed by atoms with Gasteiger partial charge in [-0.15, -0.1) is 0 Å². The Labute approximate surface area is 127 Å². The van der Waals surface area contributed by atoms with E-state index in [-0.39, 0.29) is 16.3 Å². The standard InChI is InChI=1S/C15H19BrFN3/c1-20(12-5-3-2-4-10(12)8-18)13-7-6-11(9-19)14(16)15(13)17/h6-7,10,12H,2-5,8,18H2,1H3. The van der Waals surface area contributed by atoms with Crippen LogP contribution in [-0.4, -0.2) is 19.6 Å². The summed E-state index contributed by atoms with van der Waals surface area (Å²) in [7, 11) is 1.91. The zero-order chi connectivity index (χ0) is 14.7. The normalized spacial score (nSPS) is 22.4. The Bertz CT molecular complexity index is 527. The second kappa shape index (κ2) is 6.55. The van der Waals surface area contributed by atoms with Crippen molar-refractivity contribution in [3.8, 4) is 6.07 Å². The molecule has 1 aromatic rings. The van der Waals surface area contributed by atoms with Crippen molar-refractivity contribution in [1.29, 1.82) is 5.26 Å². The van der Waals surface area contributed by atoms with Gasteiger partial charge < -0.3 is 10.6 Å². The van der Waals surface area contributed by atoms with Crippen molar-refractivity contribution in [3.63, 3.8) is 0 Å². The van der Waals surface area contributed by atoms with Gasteiger partial charge in [-0.1, -0.05) is 12.8 Å². The molecule has 0 bridgehead atoms. The summed E-state index contributed by atoms with van der Waals surface area (Å²) < 4.78 is 14.7. The minimum atomic E-state index is -0.368. The van der Waals surface area contributed by atoms with Crippen LogP contribution >= 0.6 is 15.9 Å². The number of hydrogen-bond acceptors (Lipinski definition) is 3. The summed E-state index contributed by atoms with van der Waals surface area (Å²) in [4.78, 5) is 1.98. The smallest absolute Gasteiger partial charge is 0.161 e. The molecular weight excluding hydrogens is 321 g/mol. The van der Waals surface area contributed by atoms with E-state index in [0.717, 1.165) is 19.3 Å². The predicted octanol–water partition coefficient (Wildman–Crippen LogP) is 3.41. The summed E-state index contributed by atoms with van der Waals surface area (Å²) in [6.07, 6.45) is 4.50. The Morgan fingerprint density at radius 1 is 1.45 bits per heavy atom. The summed E-state index contributed by atoms with van der Waals surface area (Å²) in [5.74, 6) is 0.0375. The SMILES string of the molecule is CN(c1ccc(C#N)c(Br)c1F)C1CCCCC1CN. The predicted molar refractivity (Wildman–Crippen MR) is 82.0 cm³/mol. The van der Waals surface area contributed by atoms with Gasteiger partial charge in [0.2, 0.25) is 0 Å². The highest BCUT2D eigenvalue weighted by Gasteiger charge is 2.29. The Morgan fingerprint density at radius 2 is 2.15 bits per heavy atom. The largest absolute Gasteiger partial charge is 0.369 e. The monoisotopic (exact) mass is 339 g/mol. The van der Waals surface area contributed by atoms with Crippen LogP contribution in [-0.2, 0) is 0 Å². The van der Waals surface area contributed by atoms with Crippen molar-refractivity contribution in [3.05, 3.63) is 28.0 Å². The number of nitrogens with two attached hydrogens (primary N) is 1. The lowest BCUT2D eigenvalue weighted by Crippen LogP contribution is -2.43. The van der Waals surface area contributed by atoms with E-state index in [1.165, 1.54) is 6.42 Å². The topological polar surface area (TPSA) is 53.0 Å². The molecule has 5 heteroatoms. The second-order valence-electron chi connectivity index (χ2n) is 5.33. The van der Waals surface area contributed by atoms with E-state index in [0.29, 0.717) is 23.7 Å². The molecule has 1 aliphatic carbocycles. The van der Waals surface area contributed by atoms with E-state index in [1.807, 2.05) is 18.0 Å². The number of hydrogen-bond donors (Lipinski definition) is 1. The van der Waals surface area contributed by atoms with Crippen molar-refractivity contribution in [2.45, 2.75) is 31.7 Å². The van der Waals surface area contributed by atoms with Gasteiger partial charge in [-0.2, -0.15) is 5.26 Å². The van der Waals surface area contributed by atoms with Gasteiger partial charge in [0.15, 0.2) is 5.82 Å².